The maximum Gasteiger partial charge on any atom is 0.224 e. The van der Waals surface area contributed by atoms with Crippen LogP contribution in [0, 0.1) is 0 Å². The standard InChI is InChI=1S/C41H79NO5/c1-3-5-7-9-11-13-15-17-19-21-23-25-27-29-31-33-35-42(41-40(46)39(45)37(43)36-47-41)38(44)34-32-30-28-26-24-22-20-18-16-14-12-10-8-6-4-2/h18,20,37,39-41,43,45-46H,3-17,19,21-36H2,1-2H3/t37-,39-,40+,41-/m1/s1. The molecule has 1 aliphatic rings. The SMILES string of the molecule is CCCCCCCCC=CCCCCCCCC(=O)N(CCCCCCCCCCCCCCCCCC)[C@@H]1OC[C@@H](O)[C@@H](O)[C@@H]1O. The fraction of sp³-hybridized carbons (Fsp3) is 0.927. The van der Waals surface area contributed by atoms with Gasteiger partial charge in [-0.05, 0) is 38.5 Å². The van der Waals surface area contributed by atoms with Crippen LogP contribution in [0.15, 0.2) is 12.2 Å². The lowest BCUT2D eigenvalue weighted by Crippen LogP contribution is -2.60. The van der Waals surface area contributed by atoms with E-state index in [1.54, 1.807) is 4.90 Å². The predicted octanol–water partition coefficient (Wildman–Crippen LogP) is 10.6. The molecule has 0 bridgehead atoms. The minimum atomic E-state index is -1.30. The van der Waals surface area contributed by atoms with Crippen LogP contribution < -0.4 is 0 Å². The van der Waals surface area contributed by atoms with Crippen LogP contribution in [0.4, 0.5) is 0 Å². The average Bonchev–Trinajstić information content (AvgIpc) is 3.07. The minimum absolute atomic E-state index is 0.0174. The van der Waals surface area contributed by atoms with Crippen LogP contribution in [-0.4, -0.2) is 63.8 Å². The Morgan fingerprint density at radius 2 is 0.936 bits per heavy atom. The number of hydrogen-bond acceptors (Lipinski definition) is 5. The zero-order valence-electron chi connectivity index (χ0n) is 31.2. The average molecular weight is 666 g/mol. The molecule has 1 rings (SSSR count). The van der Waals surface area contributed by atoms with Crippen molar-refractivity contribution in [2.24, 2.45) is 0 Å². The van der Waals surface area contributed by atoms with Crippen LogP contribution in [0.1, 0.15) is 206 Å². The predicted molar refractivity (Wildman–Crippen MR) is 198 cm³/mol. The van der Waals surface area contributed by atoms with Gasteiger partial charge in [-0.3, -0.25) is 4.79 Å². The normalized spacial score (nSPS) is 19.9. The third-order valence-electron chi connectivity index (χ3n) is 10.0. The van der Waals surface area contributed by atoms with E-state index in [0.717, 1.165) is 44.9 Å². The minimum Gasteiger partial charge on any atom is -0.388 e. The van der Waals surface area contributed by atoms with E-state index in [2.05, 4.69) is 26.0 Å². The van der Waals surface area contributed by atoms with Crippen molar-refractivity contribution in [1.82, 2.24) is 4.90 Å². The van der Waals surface area contributed by atoms with E-state index in [9.17, 15) is 20.1 Å². The molecule has 0 spiro atoms. The quantitative estimate of drug-likeness (QED) is 0.0479. The highest BCUT2D eigenvalue weighted by molar-refractivity contribution is 5.76. The lowest BCUT2D eigenvalue weighted by molar-refractivity contribution is -0.228. The number of hydrogen-bond donors (Lipinski definition) is 3. The maximum absolute atomic E-state index is 13.3. The summed E-state index contributed by atoms with van der Waals surface area (Å²) in [5.41, 5.74) is 0. The summed E-state index contributed by atoms with van der Waals surface area (Å²) in [5, 5.41) is 30.8. The van der Waals surface area contributed by atoms with Gasteiger partial charge in [-0.25, -0.2) is 0 Å². The molecule has 6 nitrogen and oxygen atoms in total. The summed E-state index contributed by atoms with van der Waals surface area (Å²) >= 11 is 0. The second kappa shape index (κ2) is 32.3. The van der Waals surface area contributed by atoms with Gasteiger partial charge in [0.25, 0.3) is 0 Å². The third kappa shape index (κ3) is 23.9. The largest absolute Gasteiger partial charge is 0.388 e. The molecule has 278 valence electrons. The Morgan fingerprint density at radius 3 is 1.38 bits per heavy atom. The zero-order valence-corrected chi connectivity index (χ0v) is 31.2. The van der Waals surface area contributed by atoms with E-state index in [4.69, 9.17) is 4.74 Å². The van der Waals surface area contributed by atoms with Gasteiger partial charge in [-0.15, -0.1) is 0 Å². The summed E-state index contributed by atoms with van der Waals surface area (Å²) in [6.07, 6.45) is 37.1. The van der Waals surface area contributed by atoms with Gasteiger partial charge < -0.3 is 25.0 Å². The van der Waals surface area contributed by atoms with Gasteiger partial charge in [-0.2, -0.15) is 0 Å². The lowest BCUT2D eigenvalue weighted by atomic mass is 10.0. The summed E-state index contributed by atoms with van der Waals surface area (Å²) in [5.74, 6) is -0.0174. The number of carbonyl (C=O) groups is 1. The molecule has 1 fully saturated rings. The van der Waals surface area contributed by atoms with Crippen LogP contribution in [-0.2, 0) is 9.53 Å². The number of aliphatic hydroxyl groups is 3. The van der Waals surface area contributed by atoms with Gasteiger partial charge in [0, 0.05) is 13.0 Å². The van der Waals surface area contributed by atoms with Crippen LogP contribution in [0.25, 0.3) is 0 Å². The van der Waals surface area contributed by atoms with Crippen LogP contribution >= 0.6 is 0 Å². The van der Waals surface area contributed by atoms with E-state index in [-0.39, 0.29) is 12.5 Å². The first-order valence-corrected chi connectivity index (χ1v) is 20.6. The van der Waals surface area contributed by atoms with Crippen molar-refractivity contribution < 1.29 is 24.9 Å². The Bertz CT molecular complexity index is 716. The van der Waals surface area contributed by atoms with Gasteiger partial charge in [-0.1, -0.05) is 174 Å². The second-order valence-electron chi connectivity index (χ2n) is 14.5. The molecule has 47 heavy (non-hydrogen) atoms. The second-order valence-corrected chi connectivity index (χ2v) is 14.5. The summed E-state index contributed by atoms with van der Waals surface area (Å²) in [4.78, 5) is 14.9. The number of unbranched alkanes of at least 4 members (excludes halogenated alkanes) is 26. The van der Waals surface area contributed by atoms with Gasteiger partial charge in [0.05, 0.1) is 6.61 Å². The molecule has 1 saturated heterocycles. The zero-order chi connectivity index (χ0) is 34.2. The third-order valence-corrected chi connectivity index (χ3v) is 10.0. The van der Waals surface area contributed by atoms with Crippen molar-refractivity contribution in [3.63, 3.8) is 0 Å². The number of nitrogens with zero attached hydrogens (tertiary/aromatic N) is 1. The topological polar surface area (TPSA) is 90.2 Å². The first-order chi connectivity index (χ1) is 23.0. The van der Waals surface area contributed by atoms with E-state index in [0.29, 0.717) is 13.0 Å². The summed E-state index contributed by atoms with van der Waals surface area (Å²) in [7, 11) is 0. The molecule has 1 heterocycles. The number of aliphatic hydroxyl groups excluding tert-OH is 3. The molecule has 0 aromatic rings. The highest BCUT2D eigenvalue weighted by Crippen LogP contribution is 2.22. The first kappa shape index (κ1) is 44.1. The van der Waals surface area contributed by atoms with Crippen LogP contribution in [0.3, 0.4) is 0 Å². The summed E-state index contributed by atoms with van der Waals surface area (Å²) in [6, 6.07) is 0. The van der Waals surface area contributed by atoms with E-state index in [1.807, 2.05) is 0 Å². The molecular formula is C41H79NO5. The van der Waals surface area contributed by atoms with Gasteiger partial charge in [0.15, 0.2) is 6.23 Å². The highest BCUT2D eigenvalue weighted by Gasteiger charge is 2.41. The molecule has 0 aliphatic carbocycles. The number of amides is 1. The number of carbonyl (C=O) groups excluding carboxylic acids is 1. The maximum atomic E-state index is 13.3. The van der Waals surface area contributed by atoms with Crippen molar-refractivity contribution in [3.05, 3.63) is 12.2 Å². The number of rotatable bonds is 33. The Kier molecular flexibility index (Phi) is 30.3. The van der Waals surface area contributed by atoms with Crippen LogP contribution in [0.2, 0.25) is 0 Å². The number of allylic oxidation sites excluding steroid dienone is 2. The smallest absolute Gasteiger partial charge is 0.224 e. The van der Waals surface area contributed by atoms with E-state index >= 15 is 0 Å². The molecule has 6 heteroatoms. The molecule has 1 aliphatic heterocycles. The van der Waals surface area contributed by atoms with Crippen molar-refractivity contribution >= 4 is 5.91 Å². The monoisotopic (exact) mass is 666 g/mol. The lowest BCUT2D eigenvalue weighted by Gasteiger charge is -2.41. The molecule has 0 aromatic heterocycles. The fourth-order valence-electron chi connectivity index (χ4n) is 6.78. The van der Waals surface area contributed by atoms with Gasteiger partial charge in [0.1, 0.15) is 18.3 Å². The Hall–Kier alpha value is -0.950. The Morgan fingerprint density at radius 1 is 0.553 bits per heavy atom. The molecule has 0 aromatic carbocycles. The summed E-state index contributed by atoms with van der Waals surface area (Å²) in [6.45, 7) is 4.99. The van der Waals surface area contributed by atoms with Crippen molar-refractivity contribution in [1.29, 1.82) is 0 Å². The Labute approximate surface area is 291 Å². The van der Waals surface area contributed by atoms with Gasteiger partial charge in [0.2, 0.25) is 5.91 Å². The first-order valence-electron chi connectivity index (χ1n) is 20.6. The number of ether oxygens (including phenoxy) is 1. The highest BCUT2D eigenvalue weighted by atomic mass is 16.5. The molecule has 0 saturated carbocycles. The molecule has 0 unspecified atom stereocenters. The molecule has 4 atom stereocenters. The van der Waals surface area contributed by atoms with Crippen LogP contribution in [0.5, 0.6) is 0 Å². The fourth-order valence-corrected chi connectivity index (χ4v) is 6.78. The molecule has 3 N–H and O–H groups in total. The van der Waals surface area contributed by atoms with E-state index < -0.39 is 24.5 Å². The molecule has 1 amide bonds. The Balaban J connectivity index is 2.19. The molecule has 0 radical (unpaired) electrons. The van der Waals surface area contributed by atoms with Crippen molar-refractivity contribution in [2.75, 3.05) is 13.2 Å². The van der Waals surface area contributed by atoms with E-state index in [1.165, 1.54) is 141 Å². The van der Waals surface area contributed by atoms with Gasteiger partial charge >= 0.3 is 0 Å². The van der Waals surface area contributed by atoms with Crippen molar-refractivity contribution in [3.8, 4) is 0 Å². The molecular weight excluding hydrogens is 586 g/mol. The van der Waals surface area contributed by atoms with Crippen molar-refractivity contribution in [2.45, 2.75) is 231 Å². The summed E-state index contributed by atoms with van der Waals surface area (Å²) < 4.78 is 5.70.